The Bertz CT molecular complexity index is 179. The van der Waals surface area contributed by atoms with Gasteiger partial charge in [-0.2, -0.15) is 0 Å². The van der Waals surface area contributed by atoms with Crippen molar-refractivity contribution >= 4 is 0 Å². The average Bonchev–Trinajstić information content (AvgIpc) is 2.17. The van der Waals surface area contributed by atoms with Gasteiger partial charge in [0.05, 0.1) is 0 Å². The lowest BCUT2D eigenvalue weighted by atomic mass is 9.97. The molecule has 2 nitrogen and oxygen atoms in total. The minimum Gasteiger partial charge on any atom is -0.312 e. The monoisotopic (exact) mass is 196 g/mol. The van der Waals surface area contributed by atoms with Gasteiger partial charge in [0.2, 0.25) is 0 Å². The Labute approximate surface area is 88.4 Å². The molecule has 2 unspecified atom stereocenters. The van der Waals surface area contributed by atoms with Gasteiger partial charge in [-0.15, -0.1) is 6.58 Å². The number of nitrogens with zero attached hydrogens (tertiary/aromatic N) is 1. The topological polar surface area (TPSA) is 15.3 Å². The predicted octanol–water partition coefficient (Wildman–Crippen LogP) is 1.88. The first-order valence-corrected chi connectivity index (χ1v) is 5.73. The van der Waals surface area contributed by atoms with Crippen molar-refractivity contribution in [2.24, 2.45) is 5.92 Å². The molecule has 0 aromatic carbocycles. The summed E-state index contributed by atoms with van der Waals surface area (Å²) in [4.78, 5) is 2.59. The van der Waals surface area contributed by atoms with E-state index in [1.54, 1.807) is 0 Å². The second-order valence-corrected chi connectivity index (χ2v) is 4.59. The maximum atomic E-state index is 3.81. The summed E-state index contributed by atoms with van der Waals surface area (Å²) in [5, 5.41) is 3.48. The second kappa shape index (κ2) is 5.52. The Morgan fingerprint density at radius 3 is 2.86 bits per heavy atom. The van der Waals surface area contributed by atoms with Crippen molar-refractivity contribution in [2.75, 3.05) is 19.6 Å². The highest BCUT2D eigenvalue weighted by Gasteiger charge is 2.23. The van der Waals surface area contributed by atoms with Gasteiger partial charge in [-0.3, -0.25) is 4.90 Å². The van der Waals surface area contributed by atoms with Crippen molar-refractivity contribution in [2.45, 2.75) is 39.3 Å². The largest absolute Gasteiger partial charge is 0.312 e. The molecule has 3 atom stereocenters. The minimum absolute atomic E-state index is 0.641. The zero-order chi connectivity index (χ0) is 10.6. The third-order valence-electron chi connectivity index (χ3n) is 3.34. The molecule has 82 valence electrons. The highest BCUT2D eigenvalue weighted by atomic mass is 15.2. The number of allylic oxidation sites excluding steroid dienone is 1. The third kappa shape index (κ3) is 3.10. The van der Waals surface area contributed by atoms with Gasteiger partial charge >= 0.3 is 0 Å². The number of piperazine rings is 1. The molecule has 1 aliphatic heterocycles. The molecule has 0 amide bonds. The van der Waals surface area contributed by atoms with Gasteiger partial charge in [-0.25, -0.2) is 0 Å². The Hall–Kier alpha value is -0.340. The highest BCUT2D eigenvalue weighted by Crippen LogP contribution is 2.16. The van der Waals surface area contributed by atoms with Crippen LogP contribution in [-0.4, -0.2) is 36.6 Å². The van der Waals surface area contributed by atoms with Gasteiger partial charge in [0.15, 0.2) is 0 Å². The second-order valence-electron chi connectivity index (χ2n) is 4.59. The summed E-state index contributed by atoms with van der Waals surface area (Å²) in [6.07, 6.45) is 3.16. The minimum atomic E-state index is 0.641. The molecule has 1 N–H and O–H groups in total. The van der Waals surface area contributed by atoms with Crippen LogP contribution in [0.3, 0.4) is 0 Å². The van der Waals surface area contributed by atoms with Gasteiger partial charge in [0.1, 0.15) is 0 Å². The van der Waals surface area contributed by atoms with Crippen LogP contribution in [0.25, 0.3) is 0 Å². The molecule has 1 saturated heterocycles. The molecule has 0 aromatic rings. The Balaban J connectivity index is 2.41. The first-order valence-electron chi connectivity index (χ1n) is 5.73. The van der Waals surface area contributed by atoms with Crippen LogP contribution in [0.5, 0.6) is 0 Å². The van der Waals surface area contributed by atoms with E-state index >= 15 is 0 Å². The number of hydrogen-bond donors (Lipinski definition) is 1. The lowest BCUT2D eigenvalue weighted by molar-refractivity contribution is 0.123. The molecule has 0 aromatic heterocycles. The molecule has 14 heavy (non-hydrogen) atoms. The summed E-state index contributed by atoms with van der Waals surface area (Å²) in [5.41, 5.74) is 0. The summed E-state index contributed by atoms with van der Waals surface area (Å²) in [7, 11) is 0. The van der Waals surface area contributed by atoms with Gasteiger partial charge < -0.3 is 5.32 Å². The standard InChI is InChI=1S/C12H24N2/c1-5-6-10(2)12(4)14-8-7-13-11(3)9-14/h5,10-13H,1,6-9H2,2-4H3/t10?,11-,12?/m0/s1. The molecule has 1 aliphatic rings. The maximum Gasteiger partial charge on any atom is 0.0167 e. The fraction of sp³-hybridized carbons (Fsp3) is 0.833. The fourth-order valence-corrected chi connectivity index (χ4v) is 2.15. The number of hydrogen-bond acceptors (Lipinski definition) is 2. The van der Waals surface area contributed by atoms with E-state index < -0.39 is 0 Å². The molecule has 0 radical (unpaired) electrons. The molecule has 0 spiro atoms. The Morgan fingerprint density at radius 2 is 2.29 bits per heavy atom. The van der Waals surface area contributed by atoms with E-state index in [0.29, 0.717) is 12.1 Å². The van der Waals surface area contributed by atoms with Gasteiger partial charge in [-0.1, -0.05) is 13.0 Å². The molecule has 2 heteroatoms. The van der Waals surface area contributed by atoms with Crippen LogP contribution in [0.1, 0.15) is 27.2 Å². The molecular formula is C12H24N2. The Kier molecular flexibility index (Phi) is 4.63. The van der Waals surface area contributed by atoms with Crippen LogP contribution < -0.4 is 5.32 Å². The lowest BCUT2D eigenvalue weighted by Crippen LogP contribution is -2.53. The molecule has 1 rings (SSSR count). The predicted molar refractivity (Wildman–Crippen MR) is 62.5 cm³/mol. The molecule has 0 aliphatic carbocycles. The van der Waals surface area contributed by atoms with Crippen molar-refractivity contribution in [3.63, 3.8) is 0 Å². The van der Waals surface area contributed by atoms with Crippen LogP contribution in [0.2, 0.25) is 0 Å². The van der Waals surface area contributed by atoms with Crippen molar-refractivity contribution in [1.29, 1.82) is 0 Å². The summed E-state index contributed by atoms with van der Waals surface area (Å²) in [6.45, 7) is 14.2. The smallest absolute Gasteiger partial charge is 0.0167 e. The summed E-state index contributed by atoms with van der Waals surface area (Å²) >= 11 is 0. The van der Waals surface area contributed by atoms with E-state index in [1.807, 2.05) is 6.08 Å². The lowest BCUT2D eigenvalue weighted by Gasteiger charge is -2.38. The van der Waals surface area contributed by atoms with Crippen molar-refractivity contribution in [1.82, 2.24) is 10.2 Å². The third-order valence-corrected chi connectivity index (χ3v) is 3.34. The van der Waals surface area contributed by atoms with E-state index in [1.165, 1.54) is 13.1 Å². The molecule has 1 heterocycles. The quantitative estimate of drug-likeness (QED) is 0.691. The van der Waals surface area contributed by atoms with E-state index in [2.05, 4.69) is 37.6 Å². The van der Waals surface area contributed by atoms with Crippen LogP contribution in [-0.2, 0) is 0 Å². The van der Waals surface area contributed by atoms with Crippen molar-refractivity contribution in [3.8, 4) is 0 Å². The first kappa shape index (κ1) is 11.7. The normalized spacial score (nSPS) is 28.4. The van der Waals surface area contributed by atoms with Gasteiger partial charge in [0.25, 0.3) is 0 Å². The zero-order valence-electron chi connectivity index (χ0n) is 9.79. The highest BCUT2D eigenvalue weighted by molar-refractivity contribution is 4.83. The number of rotatable bonds is 4. The SMILES string of the molecule is C=CCC(C)C(C)N1CCN[C@@H](C)C1. The Morgan fingerprint density at radius 1 is 1.57 bits per heavy atom. The van der Waals surface area contributed by atoms with Crippen molar-refractivity contribution in [3.05, 3.63) is 12.7 Å². The maximum absolute atomic E-state index is 3.81. The fourth-order valence-electron chi connectivity index (χ4n) is 2.15. The van der Waals surface area contributed by atoms with E-state index in [0.717, 1.165) is 18.9 Å². The molecular weight excluding hydrogens is 172 g/mol. The van der Waals surface area contributed by atoms with Gasteiger partial charge in [-0.05, 0) is 26.2 Å². The van der Waals surface area contributed by atoms with Crippen LogP contribution in [0.15, 0.2) is 12.7 Å². The van der Waals surface area contributed by atoms with Crippen LogP contribution in [0, 0.1) is 5.92 Å². The zero-order valence-corrected chi connectivity index (χ0v) is 9.79. The van der Waals surface area contributed by atoms with Crippen molar-refractivity contribution < 1.29 is 0 Å². The average molecular weight is 196 g/mol. The summed E-state index contributed by atoms with van der Waals surface area (Å²) in [6, 6.07) is 1.32. The molecule has 0 saturated carbocycles. The summed E-state index contributed by atoms with van der Waals surface area (Å²) in [5.74, 6) is 0.720. The van der Waals surface area contributed by atoms with Crippen LogP contribution in [0.4, 0.5) is 0 Å². The number of nitrogens with one attached hydrogen (secondary N) is 1. The van der Waals surface area contributed by atoms with E-state index in [4.69, 9.17) is 0 Å². The molecule has 1 fully saturated rings. The van der Waals surface area contributed by atoms with E-state index in [-0.39, 0.29) is 0 Å². The summed E-state index contributed by atoms with van der Waals surface area (Å²) < 4.78 is 0. The van der Waals surface area contributed by atoms with E-state index in [9.17, 15) is 0 Å². The van der Waals surface area contributed by atoms with Crippen LogP contribution >= 0.6 is 0 Å². The first-order chi connectivity index (χ1) is 6.65. The molecule has 0 bridgehead atoms. The van der Waals surface area contributed by atoms with Gasteiger partial charge in [0, 0.05) is 31.7 Å².